The lowest BCUT2D eigenvalue weighted by Gasteiger charge is -2.20. The van der Waals surface area contributed by atoms with E-state index in [1.165, 1.54) is 25.2 Å². The van der Waals surface area contributed by atoms with Gasteiger partial charge in [-0.15, -0.1) is 0 Å². The standard InChI is InChI=1S/C17H18N2O3S/c1-19(2)23(20,21)22-16-9-8-14-10-15(12-18-17(14)11-16)13-6-4-3-5-7-13/h3-9,11-12,18H,10H2,1-2H3. The SMILES string of the molecule is CN(C)S(=O)(=O)Oc1ccc2c(c1)NC=C(c1ccccc1)C2. The topological polar surface area (TPSA) is 58.6 Å². The van der Waals surface area contributed by atoms with Gasteiger partial charge in [0.25, 0.3) is 0 Å². The summed E-state index contributed by atoms with van der Waals surface area (Å²) in [7, 11) is -0.879. The molecule has 2 aromatic rings. The van der Waals surface area contributed by atoms with E-state index < -0.39 is 10.3 Å². The van der Waals surface area contributed by atoms with Crippen LogP contribution in [0.25, 0.3) is 5.57 Å². The number of nitrogens with one attached hydrogen (secondary N) is 1. The number of hydrogen-bond donors (Lipinski definition) is 1. The monoisotopic (exact) mass is 330 g/mol. The molecule has 2 aromatic carbocycles. The third-order valence-electron chi connectivity index (χ3n) is 3.66. The van der Waals surface area contributed by atoms with Gasteiger partial charge in [0.2, 0.25) is 0 Å². The van der Waals surface area contributed by atoms with Gasteiger partial charge in [0.15, 0.2) is 0 Å². The lowest BCUT2D eigenvalue weighted by molar-refractivity contribution is 0.421. The highest BCUT2D eigenvalue weighted by molar-refractivity contribution is 7.84. The van der Waals surface area contributed by atoms with E-state index in [1.54, 1.807) is 12.1 Å². The number of nitrogens with zero attached hydrogens (tertiary/aromatic N) is 1. The maximum atomic E-state index is 11.8. The van der Waals surface area contributed by atoms with E-state index in [0.717, 1.165) is 22.0 Å². The summed E-state index contributed by atoms with van der Waals surface area (Å²) in [5, 5.41) is 3.22. The van der Waals surface area contributed by atoms with Gasteiger partial charge < -0.3 is 9.50 Å². The second-order valence-electron chi connectivity index (χ2n) is 5.50. The van der Waals surface area contributed by atoms with Crippen molar-refractivity contribution in [1.29, 1.82) is 0 Å². The first-order valence-electron chi connectivity index (χ1n) is 7.21. The maximum Gasteiger partial charge on any atom is 0.384 e. The number of anilines is 1. The summed E-state index contributed by atoms with van der Waals surface area (Å²) in [4.78, 5) is 0. The molecule has 120 valence electrons. The molecule has 1 heterocycles. The average molecular weight is 330 g/mol. The molecule has 0 unspecified atom stereocenters. The van der Waals surface area contributed by atoms with E-state index in [-0.39, 0.29) is 0 Å². The van der Waals surface area contributed by atoms with Crippen LogP contribution in [0.15, 0.2) is 54.7 Å². The van der Waals surface area contributed by atoms with Gasteiger partial charge in [-0.05, 0) is 22.8 Å². The zero-order valence-corrected chi connectivity index (χ0v) is 13.8. The van der Waals surface area contributed by atoms with Crippen LogP contribution in [0.4, 0.5) is 5.69 Å². The van der Waals surface area contributed by atoms with Crippen molar-refractivity contribution in [3.05, 3.63) is 65.9 Å². The minimum atomic E-state index is -3.74. The first-order valence-corrected chi connectivity index (χ1v) is 8.58. The lowest BCUT2D eigenvalue weighted by atomic mass is 9.95. The van der Waals surface area contributed by atoms with Crippen molar-refractivity contribution >= 4 is 21.6 Å². The molecule has 1 aliphatic rings. The van der Waals surface area contributed by atoms with Gasteiger partial charge in [0.1, 0.15) is 5.75 Å². The fourth-order valence-corrected chi connectivity index (χ4v) is 2.85. The number of benzene rings is 2. The first-order chi connectivity index (χ1) is 11.0. The molecule has 0 saturated carbocycles. The smallest absolute Gasteiger partial charge is 0.371 e. The average Bonchev–Trinajstić information content (AvgIpc) is 2.54. The first kappa shape index (κ1) is 15.6. The summed E-state index contributed by atoms with van der Waals surface area (Å²) in [6.07, 6.45) is 2.73. The van der Waals surface area contributed by atoms with Crippen LogP contribution in [0.5, 0.6) is 5.75 Å². The van der Waals surface area contributed by atoms with E-state index in [0.29, 0.717) is 5.75 Å². The van der Waals surface area contributed by atoms with Crippen LogP contribution in [0, 0.1) is 0 Å². The molecule has 0 fully saturated rings. The summed E-state index contributed by atoms with van der Waals surface area (Å²) in [5.74, 6) is 0.293. The molecule has 23 heavy (non-hydrogen) atoms. The molecule has 0 aliphatic carbocycles. The normalized spacial score (nSPS) is 14.0. The number of rotatable bonds is 4. The summed E-state index contributed by atoms with van der Waals surface area (Å²) in [6.45, 7) is 0. The van der Waals surface area contributed by atoms with Crippen LogP contribution in [0.2, 0.25) is 0 Å². The Morgan fingerprint density at radius 1 is 1.09 bits per heavy atom. The van der Waals surface area contributed by atoms with Gasteiger partial charge >= 0.3 is 10.3 Å². The number of fused-ring (bicyclic) bond motifs is 1. The quantitative estimate of drug-likeness (QED) is 0.936. The Morgan fingerprint density at radius 2 is 1.83 bits per heavy atom. The Balaban J connectivity index is 1.82. The Hall–Kier alpha value is -2.31. The molecule has 0 bridgehead atoms. The van der Waals surface area contributed by atoms with Crippen LogP contribution in [0.1, 0.15) is 11.1 Å². The van der Waals surface area contributed by atoms with Gasteiger partial charge in [-0.2, -0.15) is 12.7 Å². The Kier molecular flexibility index (Phi) is 4.11. The van der Waals surface area contributed by atoms with Crippen molar-refractivity contribution in [2.24, 2.45) is 0 Å². The van der Waals surface area contributed by atoms with Crippen molar-refractivity contribution in [3.8, 4) is 5.75 Å². The van der Waals surface area contributed by atoms with Crippen LogP contribution in [-0.4, -0.2) is 26.8 Å². The van der Waals surface area contributed by atoms with Crippen molar-refractivity contribution in [2.45, 2.75) is 6.42 Å². The molecule has 0 atom stereocenters. The van der Waals surface area contributed by atoms with Gasteiger partial charge in [0.05, 0.1) is 0 Å². The minimum absolute atomic E-state index is 0.293. The second kappa shape index (κ2) is 6.06. The number of hydrogen-bond acceptors (Lipinski definition) is 4. The van der Waals surface area contributed by atoms with Gasteiger partial charge in [0, 0.05) is 38.5 Å². The zero-order valence-electron chi connectivity index (χ0n) is 13.0. The summed E-state index contributed by atoms with van der Waals surface area (Å²) in [6, 6.07) is 15.4. The highest BCUT2D eigenvalue weighted by atomic mass is 32.2. The van der Waals surface area contributed by atoms with Gasteiger partial charge in [-0.25, -0.2) is 0 Å². The molecule has 0 radical (unpaired) electrons. The molecule has 6 heteroatoms. The van der Waals surface area contributed by atoms with Gasteiger partial charge in [-0.1, -0.05) is 36.4 Å². The van der Waals surface area contributed by atoms with E-state index in [4.69, 9.17) is 4.18 Å². The molecule has 3 rings (SSSR count). The largest absolute Gasteiger partial charge is 0.384 e. The Labute approximate surface area is 136 Å². The summed E-state index contributed by atoms with van der Waals surface area (Å²) < 4.78 is 29.7. The molecule has 0 amide bonds. The molecule has 1 aliphatic heterocycles. The fraction of sp³-hybridized carbons (Fsp3) is 0.176. The molecular formula is C17H18N2O3S. The molecule has 0 aromatic heterocycles. The molecule has 5 nitrogen and oxygen atoms in total. The fourth-order valence-electron chi connectivity index (χ4n) is 2.35. The maximum absolute atomic E-state index is 11.8. The van der Waals surface area contributed by atoms with Gasteiger partial charge in [-0.3, -0.25) is 0 Å². The predicted octanol–water partition coefficient (Wildman–Crippen LogP) is 2.88. The van der Waals surface area contributed by atoms with E-state index >= 15 is 0 Å². The third kappa shape index (κ3) is 3.38. The Morgan fingerprint density at radius 3 is 2.52 bits per heavy atom. The summed E-state index contributed by atoms with van der Waals surface area (Å²) in [5.41, 5.74) is 4.31. The van der Waals surface area contributed by atoms with Crippen LogP contribution < -0.4 is 9.50 Å². The molecule has 0 saturated heterocycles. The van der Waals surface area contributed by atoms with E-state index in [1.807, 2.05) is 30.5 Å². The van der Waals surface area contributed by atoms with Crippen molar-refractivity contribution in [2.75, 3.05) is 19.4 Å². The highest BCUT2D eigenvalue weighted by Crippen LogP contribution is 2.32. The zero-order chi connectivity index (χ0) is 16.4. The van der Waals surface area contributed by atoms with E-state index in [9.17, 15) is 8.42 Å². The lowest BCUT2D eigenvalue weighted by Crippen LogP contribution is -2.27. The van der Waals surface area contributed by atoms with Crippen LogP contribution >= 0.6 is 0 Å². The van der Waals surface area contributed by atoms with Crippen molar-refractivity contribution in [1.82, 2.24) is 4.31 Å². The van der Waals surface area contributed by atoms with E-state index in [2.05, 4.69) is 17.4 Å². The minimum Gasteiger partial charge on any atom is -0.371 e. The van der Waals surface area contributed by atoms with Crippen LogP contribution in [-0.2, 0) is 16.7 Å². The summed E-state index contributed by atoms with van der Waals surface area (Å²) >= 11 is 0. The Bertz CT molecular complexity index is 843. The van der Waals surface area contributed by atoms with Crippen molar-refractivity contribution < 1.29 is 12.6 Å². The molecule has 1 N–H and O–H groups in total. The van der Waals surface area contributed by atoms with Crippen molar-refractivity contribution in [3.63, 3.8) is 0 Å². The molecular weight excluding hydrogens is 312 g/mol. The third-order valence-corrected chi connectivity index (χ3v) is 4.95. The van der Waals surface area contributed by atoms with Crippen LogP contribution in [0.3, 0.4) is 0 Å². The second-order valence-corrected chi connectivity index (χ2v) is 7.25. The predicted molar refractivity (Wildman–Crippen MR) is 91.4 cm³/mol. The number of allylic oxidation sites excluding steroid dienone is 1. The molecule has 0 spiro atoms. The highest BCUT2D eigenvalue weighted by Gasteiger charge is 2.18.